The Kier molecular flexibility index (Phi) is 4.52. The summed E-state index contributed by atoms with van der Waals surface area (Å²) in [5.41, 5.74) is 0. The largest absolute Gasteiger partial charge is 0.391 e. The molecule has 0 unspecified atom stereocenters. The van der Waals surface area contributed by atoms with Gasteiger partial charge in [0.05, 0.1) is 26.1 Å². The van der Waals surface area contributed by atoms with Crippen molar-refractivity contribution in [3.05, 3.63) is 6.61 Å². The van der Waals surface area contributed by atoms with Crippen molar-refractivity contribution in [3.63, 3.8) is 0 Å². The lowest BCUT2D eigenvalue weighted by Crippen LogP contribution is -2.13. The maximum atomic E-state index is 11.4. The minimum atomic E-state index is -4.43. The first-order valence-corrected chi connectivity index (χ1v) is 3.27. The first kappa shape index (κ1) is 12.5. The van der Waals surface area contributed by atoms with E-state index in [1.165, 1.54) is 0 Å². The number of ether oxygens (including phenoxy) is 1. The van der Waals surface area contributed by atoms with E-state index in [1.54, 1.807) is 0 Å². The predicted octanol–water partition coefficient (Wildman–Crippen LogP) is 3.07. The summed E-state index contributed by atoms with van der Waals surface area (Å²) in [4.78, 5) is 0. The Bertz CT molecular complexity index is 121. The molecule has 7 heteroatoms. The van der Waals surface area contributed by atoms with E-state index in [0.29, 0.717) is 6.61 Å². The molecule has 0 saturated carbocycles. The van der Waals surface area contributed by atoms with E-state index in [-0.39, 0.29) is 0 Å². The maximum Gasteiger partial charge on any atom is 0.391 e. The van der Waals surface area contributed by atoms with Gasteiger partial charge in [-0.1, -0.05) is 0 Å². The minimum Gasteiger partial charge on any atom is -0.375 e. The normalized spacial score (nSPS) is 13.4. The maximum absolute atomic E-state index is 11.4. The molecule has 0 aromatic carbocycles. The highest BCUT2D eigenvalue weighted by atomic mass is 19.4. The molecule has 0 aliphatic rings. The third-order valence-electron chi connectivity index (χ3n) is 0.936. The van der Waals surface area contributed by atoms with Gasteiger partial charge in [0.2, 0.25) is 0 Å². The molecule has 0 aromatic rings. The zero-order valence-corrected chi connectivity index (χ0v) is 6.37. The summed E-state index contributed by atoms with van der Waals surface area (Å²) >= 11 is 0. The van der Waals surface area contributed by atoms with Gasteiger partial charge in [-0.3, -0.25) is 0 Å². The number of alkyl halides is 6. The van der Waals surface area contributed by atoms with Crippen LogP contribution in [0.3, 0.4) is 0 Å². The molecule has 0 aliphatic carbocycles. The van der Waals surface area contributed by atoms with Crippen molar-refractivity contribution in [2.24, 2.45) is 0 Å². The quantitative estimate of drug-likeness (QED) is 0.510. The Morgan fingerprint density at radius 1 is 0.923 bits per heavy atom. The van der Waals surface area contributed by atoms with Gasteiger partial charge in [-0.05, 0) is 0 Å². The monoisotopic (exact) mass is 209 g/mol. The van der Waals surface area contributed by atoms with E-state index in [4.69, 9.17) is 0 Å². The molecule has 79 valence electrons. The average molecular weight is 209 g/mol. The van der Waals surface area contributed by atoms with Gasteiger partial charge in [0.15, 0.2) is 0 Å². The SMILES string of the molecule is FC(F)(F)C[CH]OCCC(F)(F)F. The van der Waals surface area contributed by atoms with Crippen molar-refractivity contribution in [2.45, 2.75) is 25.2 Å². The minimum absolute atomic E-state index is 0.325. The molecule has 0 N–H and O–H groups in total. The molecule has 0 heterocycles. The van der Waals surface area contributed by atoms with Crippen LogP contribution >= 0.6 is 0 Å². The standard InChI is InChI=1S/C6H7F6O/c7-5(8,9)1-3-13-4-2-6(10,11)12/h3H,1-2,4H2. The lowest BCUT2D eigenvalue weighted by molar-refractivity contribution is -0.150. The highest BCUT2D eigenvalue weighted by Gasteiger charge is 2.28. The summed E-state index contributed by atoms with van der Waals surface area (Å²) in [6.07, 6.45) is -11.4. The first-order chi connectivity index (χ1) is 5.71. The molecule has 1 nitrogen and oxygen atoms in total. The van der Waals surface area contributed by atoms with Crippen LogP contribution in [0.2, 0.25) is 0 Å². The molecule has 0 amide bonds. The molecular weight excluding hydrogens is 202 g/mol. The van der Waals surface area contributed by atoms with Crippen LogP contribution in [-0.4, -0.2) is 19.0 Å². The molecule has 13 heavy (non-hydrogen) atoms. The van der Waals surface area contributed by atoms with Crippen LogP contribution in [0.4, 0.5) is 26.3 Å². The van der Waals surface area contributed by atoms with Crippen LogP contribution in [0.25, 0.3) is 0 Å². The number of hydrogen-bond acceptors (Lipinski definition) is 1. The second-order valence-corrected chi connectivity index (χ2v) is 2.22. The van der Waals surface area contributed by atoms with Crippen molar-refractivity contribution < 1.29 is 31.1 Å². The average Bonchev–Trinajstić information content (AvgIpc) is 1.81. The molecule has 0 rings (SSSR count). The van der Waals surface area contributed by atoms with Gasteiger partial charge in [0, 0.05) is 0 Å². The zero-order chi connectivity index (χ0) is 10.5. The fourth-order valence-corrected chi connectivity index (χ4v) is 0.411. The first-order valence-electron chi connectivity index (χ1n) is 3.27. The molecule has 0 saturated heterocycles. The van der Waals surface area contributed by atoms with Crippen molar-refractivity contribution in [1.29, 1.82) is 0 Å². The summed E-state index contributed by atoms with van der Waals surface area (Å²) in [5, 5.41) is 0. The molecule has 1 radical (unpaired) electrons. The summed E-state index contributed by atoms with van der Waals surface area (Å²) in [6, 6.07) is 0. The van der Waals surface area contributed by atoms with E-state index in [2.05, 4.69) is 4.74 Å². The summed E-state index contributed by atoms with van der Waals surface area (Å²) < 4.78 is 72.4. The van der Waals surface area contributed by atoms with Gasteiger partial charge in [0.1, 0.15) is 0 Å². The summed E-state index contributed by atoms with van der Waals surface area (Å²) in [6.45, 7) is -0.453. The fraction of sp³-hybridized carbons (Fsp3) is 0.833. The Hall–Kier alpha value is -0.460. The third kappa shape index (κ3) is 11.5. The molecule has 0 bridgehead atoms. The van der Waals surface area contributed by atoms with Gasteiger partial charge in [-0.2, -0.15) is 26.3 Å². The second kappa shape index (κ2) is 4.69. The molecule has 0 aromatic heterocycles. The van der Waals surface area contributed by atoms with E-state index < -0.39 is 31.8 Å². The third-order valence-corrected chi connectivity index (χ3v) is 0.936. The van der Waals surface area contributed by atoms with Crippen molar-refractivity contribution in [3.8, 4) is 0 Å². The van der Waals surface area contributed by atoms with Crippen molar-refractivity contribution in [1.82, 2.24) is 0 Å². The number of rotatable bonds is 4. The molecule has 0 atom stereocenters. The van der Waals surface area contributed by atoms with Gasteiger partial charge < -0.3 is 4.74 Å². The number of halogens is 6. The molecule has 0 fully saturated rings. The molecular formula is C6H7F6O. The van der Waals surface area contributed by atoms with Gasteiger partial charge in [-0.15, -0.1) is 0 Å². The smallest absolute Gasteiger partial charge is 0.375 e. The molecule has 0 aliphatic heterocycles. The predicted molar refractivity (Wildman–Crippen MR) is 31.6 cm³/mol. The van der Waals surface area contributed by atoms with Crippen LogP contribution in [0, 0.1) is 6.61 Å². The second-order valence-electron chi connectivity index (χ2n) is 2.22. The van der Waals surface area contributed by atoms with Gasteiger partial charge >= 0.3 is 12.4 Å². The summed E-state index contributed by atoms with van der Waals surface area (Å²) in [5.74, 6) is 0. The zero-order valence-electron chi connectivity index (χ0n) is 6.37. The lowest BCUT2D eigenvalue weighted by atomic mass is 10.4. The van der Waals surface area contributed by atoms with Crippen molar-refractivity contribution in [2.75, 3.05) is 6.61 Å². The van der Waals surface area contributed by atoms with Gasteiger partial charge in [0.25, 0.3) is 0 Å². The van der Waals surface area contributed by atoms with Crippen LogP contribution in [0.5, 0.6) is 0 Å². The van der Waals surface area contributed by atoms with E-state index in [9.17, 15) is 26.3 Å². The highest BCUT2D eigenvalue weighted by molar-refractivity contribution is 4.59. The van der Waals surface area contributed by atoms with E-state index >= 15 is 0 Å². The van der Waals surface area contributed by atoms with E-state index in [1.807, 2.05) is 0 Å². The topological polar surface area (TPSA) is 9.23 Å². The van der Waals surface area contributed by atoms with Crippen LogP contribution in [0.1, 0.15) is 12.8 Å². The van der Waals surface area contributed by atoms with Crippen LogP contribution in [-0.2, 0) is 4.74 Å². The fourth-order valence-electron chi connectivity index (χ4n) is 0.411. The highest BCUT2D eigenvalue weighted by Crippen LogP contribution is 2.22. The Morgan fingerprint density at radius 3 is 1.85 bits per heavy atom. The van der Waals surface area contributed by atoms with E-state index in [0.717, 1.165) is 0 Å². The Morgan fingerprint density at radius 2 is 1.46 bits per heavy atom. The van der Waals surface area contributed by atoms with Crippen molar-refractivity contribution >= 4 is 0 Å². The van der Waals surface area contributed by atoms with Crippen LogP contribution < -0.4 is 0 Å². The lowest BCUT2D eigenvalue weighted by Gasteiger charge is -2.07. The Labute approximate surface area is 70.7 Å². The van der Waals surface area contributed by atoms with Gasteiger partial charge in [-0.25, -0.2) is 0 Å². The Balaban J connectivity index is 3.28. The van der Waals surface area contributed by atoms with Crippen LogP contribution in [0.15, 0.2) is 0 Å². The number of hydrogen-bond donors (Lipinski definition) is 0. The summed E-state index contributed by atoms with van der Waals surface area (Å²) in [7, 11) is 0. The molecule has 0 spiro atoms.